The monoisotopic (exact) mass is 366 g/mol. The van der Waals surface area contributed by atoms with Crippen LogP contribution in [0.5, 0.6) is 0 Å². The zero-order chi connectivity index (χ0) is 19.2. The van der Waals surface area contributed by atoms with Crippen molar-refractivity contribution in [1.29, 1.82) is 0 Å². The number of unbranched alkanes of at least 4 members (excludes halogenated alkanes) is 1. The molecule has 0 aliphatic heterocycles. The summed E-state index contributed by atoms with van der Waals surface area (Å²) in [4.78, 5) is 12.2. The maximum Gasteiger partial charge on any atom is 0.220 e. The Balaban J connectivity index is 1.78. The summed E-state index contributed by atoms with van der Waals surface area (Å²) in [6.45, 7) is 0.658. The molecule has 3 heteroatoms. The van der Waals surface area contributed by atoms with E-state index in [-0.39, 0.29) is 11.9 Å². The summed E-state index contributed by atoms with van der Waals surface area (Å²) in [7, 11) is 0. The van der Waals surface area contributed by atoms with Crippen molar-refractivity contribution in [3.8, 4) is 0 Å². The van der Waals surface area contributed by atoms with Gasteiger partial charge < -0.3 is 11.1 Å². The van der Waals surface area contributed by atoms with Crippen LogP contribution < -0.4 is 11.1 Å². The molecular formula is C24H34N2O. The molecule has 2 rings (SSSR count). The van der Waals surface area contributed by atoms with Crippen molar-refractivity contribution in [2.45, 2.75) is 63.8 Å². The molecule has 0 heterocycles. The van der Waals surface area contributed by atoms with Gasteiger partial charge in [0.15, 0.2) is 0 Å². The van der Waals surface area contributed by atoms with Gasteiger partial charge >= 0.3 is 0 Å². The lowest BCUT2D eigenvalue weighted by atomic mass is 9.99. The Morgan fingerprint density at radius 2 is 1.30 bits per heavy atom. The van der Waals surface area contributed by atoms with Gasteiger partial charge in [0, 0.05) is 12.5 Å². The maximum absolute atomic E-state index is 12.2. The molecule has 3 nitrogen and oxygen atoms in total. The molecule has 146 valence electrons. The van der Waals surface area contributed by atoms with E-state index < -0.39 is 0 Å². The molecule has 0 saturated heterocycles. The molecule has 0 fully saturated rings. The molecule has 1 amide bonds. The van der Waals surface area contributed by atoms with Gasteiger partial charge in [0.1, 0.15) is 0 Å². The Bertz CT molecular complexity index is 582. The summed E-state index contributed by atoms with van der Waals surface area (Å²) in [5, 5.41) is 3.27. The van der Waals surface area contributed by atoms with Gasteiger partial charge in [-0.05, 0) is 69.0 Å². The first-order valence-corrected chi connectivity index (χ1v) is 10.3. The lowest BCUT2D eigenvalue weighted by Gasteiger charge is -2.19. The summed E-state index contributed by atoms with van der Waals surface area (Å²) in [6.07, 6.45) is 8.79. The number of nitrogens with two attached hydrogens (primary N) is 1. The molecule has 0 aliphatic carbocycles. The highest BCUT2D eigenvalue weighted by Gasteiger charge is 2.12. The number of aryl methyl sites for hydroxylation is 2. The first-order valence-electron chi connectivity index (χ1n) is 10.3. The first-order chi connectivity index (χ1) is 13.3. The van der Waals surface area contributed by atoms with E-state index in [9.17, 15) is 4.79 Å². The fraction of sp³-hybridized carbons (Fsp3) is 0.458. The summed E-state index contributed by atoms with van der Waals surface area (Å²) in [6, 6.07) is 21.4. The van der Waals surface area contributed by atoms with Crippen molar-refractivity contribution in [2.75, 3.05) is 6.54 Å². The largest absolute Gasteiger partial charge is 0.353 e. The minimum absolute atomic E-state index is 0.174. The second-order valence-corrected chi connectivity index (χ2v) is 7.27. The van der Waals surface area contributed by atoms with E-state index in [2.05, 4.69) is 66.0 Å². The van der Waals surface area contributed by atoms with Crippen molar-refractivity contribution in [2.24, 2.45) is 5.73 Å². The lowest BCUT2D eigenvalue weighted by Crippen LogP contribution is -2.35. The highest BCUT2D eigenvalue weighted by Crippen LogP contribution is 2.13. The molecule has 0 saturated carbocycles. The van der Waals surface area contributed by atoms with E-state index in [1.54, 1.807) is 0 Å². The van der Waals surface area contributed by atoms with Gasteiger partial charge in [-0.3, -0.25) is 4.79 Å². The highest BCUT2D eigenvalue weighted by molar-refractivity contribution is 5.76. The summed E-state index contributed by atoms with van der Waals surface area (Å²) >= 11 is 0. The Morgan fingerprint density at radius 3 is 1.78 bits per heavy atom. The molecule has 0 aliphatic rings. The van der Waals surface area contributed by atoms with Gasteiger partial charge in [0.25, 0.3) is 0 Å². The molecule has 2 aromatic carbocycles. The molecule has 0 unspecified atom stereocenters. The molecule has 0 spiro atoms. The van der Waals surface area contributed by atoms with Crippen LogP contribution in [-0.4, -0.2) is 18.5 Å². The van der Waals surface area contributed by atoms with Crippen LogP contribution in [0.15, 0.2) is 60.7 Å². The van der Waals surface area contributed by atoms with Crippen molar-refractivity contribution >= 4 is 5.91 Å². The second kappa shape index (κ2) is 13.1. The van der Waals surface area contributed by atoms with Gasteiger partial charge in [-0.25, -0.2) is 0 Å². The third-order valence-corrected chi connectivity index (χ3v) is 4.94. The standard InChI is InChI=1S/C24H34N2O/c25-20-8-7-19-24(27)26-23(17-9-15-21-11-3-1-4-12-21)18-10-16-22-13-5-2-6-14-22/h1-6,11-14,23H,7-10,15-20,25H2,(H,26,27). The Morgan fingerprint density at radius 1 is 0.778 bits per heavy atom. The Kier molecular flexibility index (Phi) is 10.3. The van der Waals surface area contributed by atoms with Gasteiger partial charge in [0.2, 0.25) is 5.91 Å². The van der Waals surface area contributed by atoms with Crippen LogP contribution >= 0.6 is 0 Å². The Labute approximate surface area is 164 Å². The fourth-order valence-electron chi connectivity index (χ4n) is 3.41. The van der Waals surface area contributed by atoms with Crippen LogP contribution in [0, 0.1) is 0 Å². The summed E-state index contributed by atoms with van der Waals surface area (Å²) < 4.78 is 0. The van der Waals surface area contributed by atoms with Crippen molar-refractivity contribution in [3.05, 3.63) is 71.8 Å². The molecule has 3 N–H and O–H groups in total. The summed E-state index contributed by atoms with van der Waals surface area (Å²) in [5.74, 6) is 0.174. The van der Waals surface area contributed by atoms with E-state index >= 15 is 0 Å². The number of hydrogen-bond donors (Lipinski definition) is 2. The van der Waals surface area contributed by atoms with Crippen molar-refractivity contribution in [3.63, 3.8) is 0 Å². The van der Waals surface area contributed by atoms with Crippen molar-refractivity contribution in [1.82, 2.24) is 5.32 Å². The average molecular weight is 367 g/mol. The lowest BCUT2D eigenvalue weighted by molar-refractivity contribution is -0.122. The third kappa shape index (κ3) is 9.39. The van der Waals surface area contributed by atoms with Gasteiger partial charge in [0.05, 0.1) is 0 Å². The van der Waals surface area contributed by atoms with Gasteiger partial charge in [-0.2, -0.15) is 0 Å². The number of carbonyl (C=O) groups excluding carboxylic acids is 1. The highest BCUT2D eigenvalue weighted by atomic mass is 16.1. The van der Waals surface area contributed by atoms with Gasteiger partial charge in [-0.15, -0.1) is 0 Å². The van der Waals surface area contributed by atoms with Crippen molar-refractivity contribution < 1.29 is 4.79 Å². The van der Waals surface area contributed by atoms with E-state index in [1.165, 1.54) is 11.1 Å². The number of hydrogen-bond acceptors (Lipinski definition) is 2. The van der Waals surface area contributed by atoms with Crippen LogP contribution in [0.3, 0.4) is 0 Å². The number of benzene rings is 2. The molecule has 0 aromatic heterocycles. The van der Waals surface area contributed by atoms with Gasteiger partial charge in [-0.1, -0.05) is 60.7 Å². The number of rotatable bonds is 13. The van der Waals surface area contributed by atoms with Crippen LogP contribution in [0.2, 0.25) is 0 Å². The van der Waals surface area contributed by atoms with E-state index in [1.807, 2.05) is 0 Å². The molecule has 2 aromatic rings. The average Bonchev–Trinajstić information content (AvgIpc) is 2.70. The normalized spacial score (nSPS) is 10.9. The van der Waals surface area contributed by atoms with Crippen LogP contribution in [0.1, 0.15) is 56.1 Å². The van der Waals surface area contributed by atoms with E-state index in [0.29, 0.717) is 13.0 Å². The minimum Gasteiger partial charge on any atom is -0.353 e. The molecule has 0 radical (unpaired) electrons. The molecule has 27 heavy (non-hydrogen) atoms. The molecule has 0 atom stereocenters. The molecular weight excluding hydrogens is 332 g/mol. The minimum atomic E-state index is 0.174. The van der Waals surface area contributed by atoms with E-state index in [4.69, 9.17) is 5.73 Å². The SMILES string of the molecule is NCCCCC(=O)NC(CCCc1ccccc1)CCCc1ccccc1. The Hall–Kier alpha value is -2.13. The predicted octanol–water partition coefficient (Wildman–Crippen LogP) is 4.65. The number of nitrogens with one attached hydrogen (secondary N) is 1. The zero-order valence-electron chi connectivity index (χ0n) is 16.4. The first kappa shape index (κ1) is 21.2. The van der Waals surface area contributed by atoms with Crippen LogP contribution in [0.4, 0.5) is 0 Å². The second-order valence-electron chi connectivity index (χ2n) is 7.27. The fourth-order valence-corrected chi connectivity index (χ4v) is 3.41. The third-order valence-electron chi connectivity index (χ3n) is 4.94. The number of amides is 1. The van der Waals surface area contributed by atoms with Crippen LogP contribution in [0.25, 0.3) is 0 Å². The topological polar surface area (TPSA) is 55.1 Å². The van der Waals surface area contributed by atoms with Crippen LogP contribution in [-0.2, 0) is 17.6 Å². The zero-order valence-corrected chi connectivity index (χ0v) is 16.4. The number of carbonyl (C=O) groups is 1. The predicted molar refractivity (Wildman–Crippen MR) is 114 cm³/mol. The molecule has 0 bridgehead atoms. The smallest absolute Gasteiger partial charge is 0.220 e. The summed E-state index contributed by atoms with van der Waals surface area (Å²) in [5.41, 5.74) is 8.27. The quantitative estimate of drug-likeness (QED) is 0.507. The maximum atomic E-state index is 12.2. The van der Waals surface area contributed by atoms with E-state index in [0.717, 1.165) is 51.4 Å².